The van der Waals surface area contributed by atoms with Gasteiger partial charge < -0.3 is 10.2 Å². The third kappa shape index (κ3) is 5.87. The second kappa shape index (κ2) is 8.97. The van der Waals surface area contributed by atoms with Gasteiger partial charge in [0.2, 0.25) is 10.0 Å². The predicted molar refractivity (Wildman–Crippen MR) is 101 cm³/mol. The fraction of sp³-hybridized carbons (Fsp3) is 0.611. The number of halogens is 2. The highest BCUT2D eigenvalue weighted by atomic mass is 32.2. The summed E-state index contributed by atoms with van der Waals surface area (Å²) in [5.41, 5.74) is -0.275. The minimum atomic E-state index is -3.20. The van der Waals surface area contributed by atoms with E-state index in [1.165, 1.54) is 14.1 Å². The topological polar surface area (TPSA) is 78.5 Å². The van der Waals surface area contributed by atoms with Gasteiger partial charge in [-0.05, 0) is 50.7 Å². The molecule has 1 aromatic carbocycles. The van der Waals surface area contributed by atoms with Gasteiger partial charge in [0.25, 0.3) is 5.91 Å². The van der Waals surface area contributed by atoms with Crippen molar-refractivity contribution in [2.75, 3.05) is 31.7 Å². The molecule has 0 aromatic heterocycles. The molecule has 9 heteroatoms. The quantitative estimate of drug-likeness (QED) is 0.734. The van der Waals surface area contributed by atoms with E-state index < -0.39 is 33.1 Å². The van der Waals surface area contributed by atoms with Gasteiger partial charge in [-0.15, -0.1) is 0 Å². The summed E-state index contributed by atoms with van der Waals surface area (Å²) in [4.78, 5) is 13.0. The molecule has 6 nitrogen and oxygen atoms in total. The zero-order valence-electron chi connectivity index (χ0n) is 15.9. The van der Waals surface area contributed by atoms with Crippen LogP contribution in [0.25, 0.3) is 0 Å². The van der Waals surface area contributed by atoms with Gasteiger partial charge in [-0.1, -0.05) is 0 Å². The third-order valence-electron chi connectivity index (χ3n) is 4.83. The minimum absolute atomic E-state index is 0.0441. The van der Waals surface area contributed by atoms with Crippen LogP contribution in [0.15, 0.2) is 12.1 Å². The molecule has 2 rings (SSSR count). The number of carbonyl (C=O) groups is 1. The lowest BCUT2D eigenvalue weighted by Gasteiger charge is -2.29. The Morgan fingerprint density at radius 3 is 2.19 bits per heavy atom. The number of carbonyl (C=O) groups excluding carboxylic acids is 1. The van der Waals surface area contributed by atoms with E-state index in [4.69, 9.17) is 0 Å². The van der Waals surface area contributed by atoms with Crippen LogP contribution in [0.4, 0.5) is 14.5 Å². The average Bonchev–Trinajstić information content (AvgIpc) is 2.60. The Bertz CT molecular complexity index is 753. The van der Waals surface area contributed by atoms with E-state index in [1.807, 2.05) is 0 Å². The maximum absolute atomic E-state index is 14.1. The van der Waals surface area contributed by atoms with Crippen LogP contribution in [-0.2, 0) is 10.0 Å². The molecule has 2 N–H and O–H groups in total. The molecule has 27 heavy (non-hydrogen) atoms. The molecule has 1 amide bonds. The van der Waals surface area contributed by atoms with Crippen LogP contribution in [0.3, 0.4) is 0 Å². The Kier molecular flexibility index (Phi) is 7.16. The second-order valence-electron chi connectivity index (χ2n) is 7.13. The van der Waals surface area contributed by atoms with E-state index in [2.05, 4.69) is 10.0 Å². The number of hydrogen-bond acceptors (Lipinski definition) is 4. The highest BCUT2D eigenvalue weighted by Gasteiger charge is 2.24. The van der Waals surface area contributed by atoms with Gasteiger partial charge >= 0.3 is 0 Å². The summed E-state index contributed by atoms with van der Waals surface area (Å²) in [6.07, 6.45) is 3.13. The molecule has 1 aliphatic carbocycles. The molecule has 0 radical (unpaired) electrons. The maximum Gasteiger partial charge on any atom is 0.259 e. The van der Waals surface area contributed by atoms with Crippen LogP contribution in [-0.4, -0.2) is 51.7 Å². The third-order valence-corrected chi connectivity index (χ3v) is 6.28. The fourth-order valence-electron chi connectivity index (χ4n) is 3.19. The fourth-order valence-corrected chi connectivity index (χ4v) is 4.10. The summed E-state index contributed by atoms with van der Waals surface area (Å²) in [7, 11) is -0.329. The maximum atomic E-state index is 14.1. The summed E-state index contributed by atoms with van der Waals surface area (Å²) in [6.45, 7) is 2.14. The molecule has 1 saturated carbocycles. The van der Waals surface area contributed by atoms with Crippen LogP contribution in [0.2, 0.25) is 0 Å². The number of benzene rings is 1. The molecule has 0 heterocycles. The first-order valence-electron chi connectivity index (χ1n) is 9.07. The normalized spacial score (nSPS) is 20.3. The number of rotatable bonds is 7. The standard InChI is InChI=1S/C18H27F2N3O3S/c1-4-27(25,26)22-13-7-5-12(6-8-13)11-21-14-9-15(19)17(16(20)10-14)18(24)23(2)3/h9-10,12-13,21-22H,4-8,11H2,1-3H3/t12-,13-. The smallest absolute Gasteiger partial charge is 0.259 e. The van der Waals surface area contributed by atoms with E-state index in [0.29, 0.717) is 12.5 Å². The van der Waals surface area contributed by atoms with Crippen molar-refractivity contribution in [3.63, 3.8) is 0 Å². The minimum Gasteiger partial charge on any atom is -0.385 e. The highest BCUT2D eigenvalue weighted by Crippen LogP contribution is 2.26. The molecular formula is C18H27F2N3O3S. The van der Waals surface area contributed by atoms with Crippen LogP contribution < -0.4 is 10.0 Å². The Balaban J connectivity index is 1.90. The molecule has 0 saturated heterocycles. The van der Waals surface area contributed by atoms with Gasteiger partial charge in [-0.2, -0.15) is 0 Å². The Morgan fingerprint density at radius 2 is 1.70 bits per heavy atom. The number of hydrogen-bond donors (Lipinski definition) is 2. The van der Waals surface area contributed by atoms with Crippen molar-refractivity contribution in [1.82, 2.24) is 9.62 Å². The van der Waals surface area contributed by atoms with Gasteiger partial charge in [0.05, 0.1) is 5.75 Å². The molecule has 1 aromatic rings. The summed E-state index contributed by atoms with van der Waals surface area (Å²) >= 11 is 0. The van der Waals surface area contributed by atoms with E-state index in [-0.39, 0.29) is 17.5 Å². The Morgan fingerprint density at radius 1 is 1.15 bits per heavy atom. The zero-order chi connectivity index (χ0) is 20.2. The number of amides is 1. The lowest BCUT2D eigenvalue weighted by Crippen LogP contribution is -2.39. The second-order valence-corrected chi connectivity index (χ2v) is 9.18. The highest BCUT2D eigenvalue weighted by molar-refractivity contribution is 7.89. The van der Waals surface area contributed by atoms with Crippen LogP contribution in [0.5, 0.6) is 0 Å². The van der Waals surface area contributed by atoms with Crippen molar-refractivity contribution in [2.45, 2.75) is 38.6 Å². The van der Waals surface area contributed by atoms with Gasteiger partial charge in [0.1, 0.15) is 17.2 Å². The lowest BCUT2D eigenvalue weighted by atomic mass is 9.86. The average molecular weight is 403 g/mol. The summed E-state index contributed by atoms with van der Waals surface area (Å²) < 4.78 is 54.2. The van der Waals surface area contributed by atoms with Crippen molar-refractivity contribution in [3.05, 3.63) is 29.3 Å². The van der Waals surface area contributed by atoms with Crippen LogP contribution >= 0.6 is 0 Å². The number of sulfonamides is 1. The first-order valence-corrected chi connectivity index (χ1v) is 10.7. The first kappa shape index (κ1) is 21.6. The van der Waals surface area contributed by atoms with Crippen LogP contribution in [0, 0.1) is 17.6 Å². The van der Waals surface area contributed by atoms with Gasteiger partial charge in [-0.3, -0.25) is 4.79 Å². The number of nitrogens with one attached hydrogen (secondary N) is 2. The van der Waals surface area contributed by atoms with Crippen molar-refractivity contribution >= 4 is 21.6 Å². The van der Waals surface area contributed by atoms with Crippen molar-refractivity contribution in [2.24, 2.45) is 5.92 Å². The van der Waals surface area contributed by atoms with Crippen molar-refractivity contribution in [1.29, 1.82) is 0 Å². The summed E-state index contributed by atoms with van der Waals surface area (Å²) in [6, 6.07) is 2.21. The molecule has 0 bridgehead atoms. The molecule has 0 aliphatic heterocycles. The molecule has 0 atom stereocenters. The lowest BCUT2D eigenvalue weighted by molar-refractivity contribution is 0.0818. The molecular weight excluding hydrogens is 376 g/mol. The number of anilines is 1. The monoisotopic (exact) mass is 403 g/mol. The van der Waals surface area contributed by atoms with Crippen molar-refractivity contribution < 1.29 is 22.0 Å². The SMILES string of the molecule is CCS(=O)(=O)N[C@H]1CC[C@H](CNc2cc(F)c(C(=O)N(C)C)c(F)c2)CC1. The molecule has 0 unspecified atom stereocenters. The van der Waals surface area contributed by atoms with Gasteiger partial charge in [0.15, 0.2) is 0 Å². The Hall–Kier alpha value is -1.74. The van der Waals surface area contributed by atoms with E-state index in [1.54, 1.807) is 6.92 Å². The molecule has 1 aliphatic rings. The first-order chi connectivity index (χ1) is 12.6. The summed E-state index contributed by atoms with van der Waals surface area (Å²) in [5.74, 6) is -2.15. The molecule has 1 fully saturated rings. The van der Waals surface area contributed by atoms with E-state index in [0.717, 1.165) is 42.7 Å². The molecule has 152 valence electrons. The summed E-state index contributed by atoms with van der Waals surface area (Å²) in [5, 5.41) is 3.02. The number of nitrogens with zero attached hydrogens (tertiary/aromatic N) is 1. The Labute approximate surface area is 159 Å². The zero-order valence-corrected chi connectivity index (χ0v) is 16.7. The van der Waals surface area contributed by atoms with Crippen molar-refractivity contribution in [3.8, 4) is 0 Å². The van der Waals surface area contributed by atoms with Gasteiger partial charge in [0, 0.05) is 32.4 Å². The predicted octanol–water partition coefficient (Wildman–Crippen LogP) is 2.58. The van der Waals surface area contributed by atoms with E-state index >= 15 is 0 Å². The molecule has 0 spiro atoms. The van der Waals surface area contributed by atoms with Gasteiger partial charge in [-0.25, -0.2) is 21.9 Å². The van der Waals surface area contributed by atoms with E-state index in [9.17, 15) is 22.0 Å². The van der Waals surface area contributed by atoms with Crippen LogP contribution in [0.1, 0.15) is 43.0 Å². The largest absolute Gasteiger partial charge is 0.385 e.